The monoisotopic (exact) mass is 586 g/mol. The minimum atomic E-state index is 0.590. The highest BCUT2D eigenvalue weighted by atomic mass is 15.1. The molecule has 0 fully saturated rings. The molecule has 4 nitrogen and oxygen atoms in total. The second-order valence-corrected chi connectivity index (χ2v) is 11.5. The van der Waals surface area contributed by atoms with Gasteiger partial charge in [0.15, 0.2) is 5.70 Å². The number of nitriles is 1. The van der Waals surface area contributed by atoms with Crippen LogP contribution in [0.25, 0.3) is 28.3 Å². The van der Waals surface area contributed by atoms with E-state index < -0.39 is 0 Å². The van der Waals surface area contributed by atoms with Crippen molar-refractivity contribution in [2.75, 3.05) is 36.0 Å². The van der Waals surface area contributed by atoms with E-state index in [1.807, 2.05) is 36.4 Å². The summed E-state index contributed by atoms with van der Waals surface area (Å²) in [5.41, 5.74) is 7.40. The van der Waals surface area contributed by atoms with Crippen molar-refractivity contribution < 1.29 is 0 Å². The summed E-state index contributed by atoms with van der Waals surface area (Å²) in [6.07, 6.45) is 13.4. The van der Waals surface area contributed by atoms with Crippen LogP contribution in [-0.4, -0.2) is 26.2 Å². The smallest absolute Gasteiger partial charge is 0.194 e. The van der Waals surface area contributed by atoms with Gasteiger partial charge >= 0.3 is 0 Å². The van der Waals surface area contributed by atoms with Gasteiger partial charge in [-0.3, -0.25) is 0 Å². The Morgan fingerprint density at radius 2 is 1.00 bits per heavy atom. The average molecular weight is 587 g/mol. The third-order valence-corrected chi connectivity index (χ3v) is 7.99. The van der Waals surface area contributed by atoms with Crippen LogP contribution in [0.15, 0.2) is 72.8 Å². The topological polar surface area (TPSA) is 34.6 Å². The molecule has 0 aliphatic heterocycles. The van der Waals surface area contributed by atoms with E-state index >= 15 is 0 Å². The fourth-order valence-electron chi connectivity index (χ4n) is 5.20. The fraction of sp³-hybridized carbons (Fsp3) is 0.400. The molecule has 0 aliphatic carbocycles. The number of hydrogen-bond acceptors (Lipinski definition) is 3. The molecule has 0 unspecified atom stereocenters. The summed E-state index contributed by atoms with van der Waals surface area (Å²) in [4.78, 5) is 8.77. The summed E-state index contributed by atoms with van der Waals surface area (Å²) in [5.74, 6) is 0. The molecule has 44 heavy (non-hydrogen) atoms. The molecule has 0 saturated carbocycles. The van der Waals surface area contributed by atoms with Crippen LogP contribution in [0.1, 0.15) is 101 Å². The number of anilines is 2. The normalized spacial score (nSPS) is 11.6. The summed E-state index contributed by atoms with van der Waals surface area (Å²) < 4.78 is 0. The molecule has 0 heterocycles. The third kappa shape index (κ3) is 10.5. The zero-order valence-electron chi connectivity index (χ0n) is 27.4. The predicted molar refractivity (Wildman–Crippen MR) is 191 cm³/mol. The van der Waals surface area contributed by atoms with Crippen molar-refractivity contribution >= 4 is 34.8 Å². The van der Waals surface area contributed by atoms with Gasteiger partial charge in [0.05, 0.1) is 18.2 Å². The number of rotatable bonds is 18. The largest absolute Gasteiger partial charge is 0.372 e. The van der Waals surface area contributed by atoms with Crippen LogP contribution in [0.2, 0.25) is 0 Å². The molecule has 0 N–H and O–H groups in total. The van der Waals surface area contributed by atoms with Crippen molar-refractivity contribution in [3.05, 3.63) is 106 Å². The van der Waals surface area contributed by atoms with Gasteiger partial charge in [-0.15, -0.1) is 0 Å². The first kappa shape index (κ1) is 34.2. The highest BCUT2D eigenvalue weighted by Gasteiger charge is 2.09. The van der Waals surface area contributed by atoms with Gasteiger partial charge in [-0.25, -0.2) is 4.85 Å². The molecule has 0 aromatic heterocycles. The predicted octanol–water partition coefficient (Wildman–Crippen LogP) is 11.0. The maximum absolute atomic E-state index is 9.96. The molecule has 0 aliphatic rings. The number of hydrogen-bond donors (Lipinski definition) is 0. The lowest BCUT2D eigenvalue weighted by molar-refractivity contribution is 0.678. The first-order chi connectivity index (χ1) is 21.6. The van der Waals surface area contributed by atoms with Gasteiger partial charge in [0.25, 0.3) is 0 Å². The summed E-state index contributed by atoms with van der Waals surface area (Å²) in [6, 6.07) is 27.2. The lowest BCUT2D eigenvalue weighted by Gasteiger charge is -2.24. The highest BCUT2D eigenvalue weighted by Crippen LogP contribution is 2.26. The molecule has 3 aromatic rings. The zero-order valence-corrected chi connectivity index (χ0v) is 27.4. The van der Waals surface area contributed by atoms with Crippen LogP contribution in [-0.2, 0) is 0 Å². The number of nitrogens with zero attached hydrogens (tertiary/aromatic N) is 4. The van der Waals surface area contributed by atoms with Crippen molar-refractivity contribution in [2.45, 2.75) is 79.1 Å². The standard InChI is InChI=1S/C40H50N4/c1-6-10-26-43(27-11-7-2)38-22-14-33(15-23-38)30-37(32-41)35-18-20-36(21-19-35)40(42-5)31-34-16-24-39(25-17-34)44(28-12-8-3)29-13-9-4/h14-25,30-31H,6-13,26-29H2,1-4H3. The van der Waals surface area contributed by atoms with E-state index in [4.69, 9.17) is 6.57 Å². The molecular formula is C40H50N4. The quantitative estimate of drug-likeness (QED) is 0.0845. The van der Waals surface area contributed by atoms with Gasteiger partial charge < -0.3 is 9.80 Å². The van der Waals surface area contributed by atoms with Gasteiger partial charge in [0.2, 0.25) is 0 Å². The minimum absolute atomic E-state index is 0.590. The van der Waals surface area contributed by atoms with E-state index in [0.29, 0.717) is 11.3 Å². The van der Waals surface area contributed by atoms with Crippen molar-refractivity contribution in [1.29, 1.82) is 5.26 Å². The molecule has 0 bridgehead atoms. The maximum Gasteiger partial charge on any atom is 0.194 e. The Morgan fingerprint density at radius 3 is 1.36 bits per heavy atom. The van der Waals surface area contributed by atoms with E-state index in [1.165, 1.54) is 62.7 Å². The maximum atomic E-state index is 9.96. The van der Waals surface area contributed by atoms with Crippen molar-refractivity contribution in [2.24, 2.45) is 0 Å². The van der Waals surface area contributed by atoms with Gasteiger partial charge in [-0.2, -0.15) is 5.26 Å². The summed E-state index contributed by atoms with van der Waals surface area (Å²) in [7, 11) is 0. The van der Waals surface area contributed by atoms with E-state index in [0.717, 1.165) is 48.4 Å². The molecule has 230 valence electrons. The zero-order chi connectivity index (χ0) is 31.6. The third-order valence-electron chi connectivity index (χ3n) is 7.99. The SMILES string of the molecule is [C-]#[N+]C(=Cc1ccc(N(CCCC)CCCC)cc1)c1ccc(C(C#N)=Cc2ccc(N(CCCC)CCCC)cc2)cc1. The lowest BCUT2D eigenvalue weighted by Crippen LogP contribution is -2.25. The van der Waals surface area contributed by atoms with Crippen molar-refractivity contribution in [3.8, 4) is 6.07 Å². The Balaban J connectivity index is 1.75. The second kappa shape index (κ2) is 19.1. The number of benzene rings is 3. The van der Waals surface area contributed by atoms with E-state index in [9.17, 15) is 5.26 Å². The first-order valence-corrected chi connectivity index (χ1v) is 16.6. The second-order valence-electron chi connectivity index (χ2n) is 11.5. The Labute approximate surface area is 267 Å². The fourth-order valence-corrected chi connectivity index (χ4v) is 5.20. The van der Waals surface area contributed by atoms with Crippen molar-refractivity contribution in [3.63, 3.8) is 0 Å². The number of unbranched alkanes of at least 4 members (excludes halogenated alkanes) is 4. The van der Waals surface area contributed by atoms with Crippen LogP contribution < -0.4 is 9.80 Å². The first-order valence-electron chi connectivity index (χ1n) is 16.6. The van der Waals surface area contributed by atoms with E-state index in [1.54, 1.807) is 0 Å². The van der Waals surface area contributed by atoms with Crippen LogP contribution in [0.4, 0.5) is 11.4 Å². The Hall–Kier alpha value is -4.28. The van der Waals surface area contributed by atoms with Crippen LogP contribution >= 0.6 is 0 Å². The minimum Gasteiger partial charge on any atom is -0.372 e. The molecule has 3 aromatic carbocycles. The molecular weight excluding hydrogens is 536 g/mol. The summed E-state index contributed by atoms with van der Waals surface area (Å²) >= 11 is 0. The molecule has 0 spiro atoms. The Bertz CT molecular complexity index is 1270. The Kier molecular flexibility index (Phi) is 14.8. The molecule has 0 amide bonds. The van der Waals surface area contributed by atoms with Gasteiger partial charge in [-0.1, -0.05) is 102 Å². The summed E-state index contributed by atoms with van der Waals surface area (Å²) in [5, 5.41) is 9.96. The number of allylic oxidation sites excluding steroid dienone is 1. The molecule has 4 heteroatoms. The molecule has 0 radical (unpaired) electrons. The molecule has 0 saturated heterocycles. The van der Waals surface area contributed by atoms with Crippen LogP contribution in [0, 0.1) is 17.9 Å². The van der Waals surface area contributed by atoms with Crippen LogP contribution in [0.5, 0.6) is 0 Å². The lowest BCUT2D eigenvalue weighted by atomic mass is 10.0. The van der Waals surface area contributed by atoms with Gasteiger partial charge in [0, 0.05) is 37.6 Å². The highest BCUT2D eigenvalue weighted by molar-refractivity contribution is 5.91. The van der Waals surface area contributed by atoms with E-state index in [2.05, 4.69) is 96.9 Å². The summed E-state index contributed by atoms with van der Waals surface area (Å²) in [6.45, 7) is 21.1. The average Bonchev–Trinajstić information content (AvgIpc) is 3.07. The van der Waals surface area contributed by atoms with Gasteiger partial charge in [0.1, 0.15) is 0 Å². The van der Waals surface area contributed by atoms with E-state index in [-0.39, 0.29) is 0 Å². The van der Waals surface area contributed by atoms with Crippen LogP contribution in [0.3, 0.4) is 0 Å². The van der Waals surface area contributed by atoms with Gasteiger partial charge in [-0.05, 0) is 84.4 Å². The Morgan fingerprint density at radius 1 is 0.614 bits per heavy atom. The molecule has 0 atom stereocenters. The molecule has 3 rings (SSSR count). The van der Waals surface area contributed by atoms with Crippen molar-refractivity contribution in [1.82, 2.24) is 0 Å².